The molecule has 0 aliphatic carbocycles. The molecule has 3 aromatic carbocycles. The summed E-state index contributed by atoms with van der Waals surface area (Å²) in [6.07, 6.45) is 0.974. The number of aromatic nitrogens is 3. The third-order valence-corrected chi connectivity index (χ3v) is 6.84. The first-order valence-electron chi connectivity index (χ1n) is 9.99. The van der Waals surface area contributed by atoms with Crippen LogP contribution in [-0.4, -0.2) is 14.8 Å². The fourth-order valence-corrected chi connectivity index (χ4v) is 4.95. The Hall–Kier alpha value is -2.74. The van der Waals surface area contributed by atoms with Gasteiger partial charge < -0.3 is 4.74 Å². The number of nitrogens with zero attached hydrogens (tertiary/aromatic N) is 3. The summed E-state index contributed by atoms with van der Waals surface area (Å²) in [4.78, 5) is 4.37. The van der Waals surface area contributed by atoms with Gasteiger partial charge in [0.1, 0.15) is 29.7 Å². The van der Waals surface area contributed by atoms with E-state index in [9.17, 15) is 8.78 Å². The van der Waals surface area contributed by atoms with Crippen LogP contribution in [0.4, 0.5) is 8.78 Å². The van der Waals surface area contributed by atoms with Crippen molar-refractivity contribution in [3.05, 3.63) is 112 Å². The smallest absolute Gasteiger partial charge is 0.186 e. The lowest BCUT2D eigenvalue weighted by Crippen LogP contribution is -2.22. The van der Waals surface area contributed by atoms with Crippen molar-refractivity contribution in [1.82, 2.24) is 14.8 Å². The molecule has 2 heterocycles. The van der Waals surface area contributed by atoms with E-state index < -0.39 is 23.3 Å². The molecule has 2 atom stereocenters. The molecule has 162 valence electrons. The Kier molecular flexibility index (Phi) is 5.71. The van der Waals surface area contributed by atoms with E-state index in [0.29, 0.717) is 15.9 Å². The highest BCUT2D eigenvalue weighted by molar-refractivity contribution is 7.98. The molecule has 32 heavy (non-hydrogen) atoms. The maximum atomic E-state index is 14.9. The zero-order valence-corrected chi connectivity index (χ0v) is 18.4. The zero-order valence-electron chi connectivity index (χ0n) is 16.8. The molecule has 0 radical (unpaired) electrons. The SMILES string of the molecule is Fc1ccc([C@]2(Cn3ncnc3SCc3ccccc3)O[C@H]2c2ccccc2Cl)c(F)c1. The summed E-state index contributed by atoms with van der Waals surface area (Å²) >= 11 is 7.93. The fraction of sp³-hybridized carbons (Fsp3) is 0.167. The van der Waals surface area contributed by atoms with Gasteiger partial charge in [-0.05, 0) is 17.7 Å². The van der Waals surface area contributed by atoms with Crippen LogP contribution in [0.3, 0.4) is 0 Å². The van der Waals surface area contributed by atoms with Crippen molar-refractivity contribution in [3.63, 3.8) is 0 Å². The molecule has 1 aromatic heterocycles. The van der Waals surface area contributed by atoms with E-state index in [1.54, 1.807) is 10.7 Å². The van der Waals surface area contributed by atoms with Crippen molar-refractivity contribution >= 4 is 23.4 Å². The van der Waals surface area contributed by atoms with Crippen LogP contribution in [-0.2, 0) is 22.6 Å². The first kappa shape index (κ1) is 21.1. The van der Waals surface area contributed by atoms with Crippen LogP contribution < -0.4 is 0 Å². The van der Waals surface area contributed by atoms with E-state index in [2.05, 4.69) is 10.1 Å². The number of halogens is 3. The van der Waals surface area contributed by atoms with Gasteiger partial charge in [-0.15, -0.1) is 0 Å². The largest absolute Gasteiger partial charge is 0.354 e. The molecule has 5 rings (SSSR count). The summed E-state index contributed by atoms with van der Waals surface area (Å²) in [5.41, 5.74) is 1.09. The van der Waals surface area contributed by atoms with E-state index in [1.165, 1.54) is 30.2 Å². The molecule has 1 saturated heterocycles. The van der Waals surface area contributed by atoms with Gasteiger partial charge in [-0.2, -0.15) is 5.10 Å². The molecule has 4 aromatic rings. The maximum absolute atomic E-state index is 14.9. The standard InChI is InChI=1S/C24H18ClF2N3OS/c25-20-9-5-4-8-18(20)22-24(31-22,19-11-10-17(26)12-21(19)27)14-30-23(28-15-29-30)32-13-16-6-2-1-3-7-16/h1-12,15,22H,13-14H2/t22-,24-/m0/s1. The average molecular weight is 470 g/mol. The lowest BCUT2D eigenvalue weighted by Gasteiger charge is -2.16. The number of ether oxygens (including phenoxy) is 1. The molecule has 8 heteroatoms. The molecule has 1 aliphatic rings. The third-order valence-electron chi connectivity index (χ3n) is 5.44. The molecule has 4 nitrogen and oxygen atoms in total. The van der Waals surface area contributed by atoms with Gasteiger partial charge in [-0.1, -0.05) is 78.0 Å². The molecule has 0 bridgehead atoms. The molecular weight excluding hydrogens is 452 g/mol. The van der Waals surface area contributed by atoms with Gasteiger partial charge in [0.25, 0.3) is 0 Å². The Morgan fingerprint density at radius 3 is 2.59 bits per heavy atom. The number of hydrogen-bond acceptors (Lipinski definition) is 4. The van der Waals surface area contributed by atoms with Gasteiger partial charge >= 0.3 is 0 Å². The number of hydrogen-bond donors (Lipinski definition) is 0. The zero-order chi connectivity index (χ0) is 22.1. The van der Waals surface area contributed by atoms with Crippen LogP contribution >= 0.6 is 23.4 Å². The lowest BCUT2D eigenvalue weighted by atomic mass is 9.91. The molecule has 0 unspecified atom stereocenters. The Labute approximate surface area is 193 Å². The Balaban J connectivity index is 1.47. The van der Waals surface area contributed by atoms with Gasteiger partial charge in [0.2, 0.25) is 0 Å². The summed E-state index contributed by atoms with van der Waals surface area (Å²) in [5.74, 6) is -0.596. The highest BCUT2D eigenvalue weighted by atomic mass is 35.5. The number of thioether (sulfide) groups is 1. The number of rotatable bonds is 7. The van der Waals surface area contributed by atoms with Crippen LogP contribution in [0.15, 0.2) is 84.3 Å². The van der Waals surface area contributed by atoms with E-state index in [4.69, 9.17) is 16.3 Å². The average Bonchev–Trinajstić information content (AvgIpc) is 3.32. The Bertz CT molecular complexity index is 1250. The number of benzene rings is 3. The minimum absolute atomic E-state index is 0.211. The van der Waals surface area contributed by atoms with E-state index >= 15 is 0 Å². The van der Waals surface area contributed by atoms with Crippen molar-refractivity contribution in [1.29, 1.82) is 0 Å². The summed E-state index contributed by atoms with van der Waals surface area (Å²) < 4.78 is 36.3. The molecule has 1 aliphatic heterocycles. The Morgan fingerprint density at radius 1 is 1.03 bits per heavy atom. The molecule has 0 amide bonds. The molecule has 0 saturated carbocycles. The predicted octanol–water partition coefficient (Wildman–Crippen LogP) is 6.17. The molecule has 0 N–H and O–H groups in total. The highest BCUT2D eigenvalue weighted by Crippen LogP contribution is 2.59. The van der Waals surface area contributed by atoms with Crippen molar-refractivity contribution < 1.29 is 13.5 Å². The molecular formula is C24H18ClF2N3OS. The topological polar surface area (TPSA) is 43.2 Å². The van der Waals surface area contributed by atoms with Gasteiger partial charge in [0.05, 0.1) is 6.54 Å². The predicted molar refractivity (Wildman–Crippen MR) is 119 cm³/mol. The minimum atomic E-state index is -1.07. The second kappa shape index (κ2) is 8.65. The Morgan fingerprint density at radius 2 is 1.81 bits per heavy atom. The first-order chi connectivity index (χ1) is 15.6. The molecule has 0 spiro atoms. The number of epoxide rings is 1. The van der Waals surface area contributed by atoms with E-state index in [0.717, 1.165) is 17.2 Å². The second-order valence-corrected chi connectivity index (χ2v) is 8.86. The van der Waals surface area contributed by atoms with Crippen molar-refractivity contribution in [2.24, 2.45) is 0 Å². The summed E-state index contributed by atoms with van der Waals surface area (Å²) in [7, 11) is 0. The molecule has 1 fully saturated rings. The van der Waals surface area contributed by atoms with Gasteiger partial charge in [-0.25, -0.2) is 18.4 Å². The normalized spacial score (nSPS) is 19.8. The van der Waals surface area contributed by atoms with Gasteiger partial charge in [0, 0.05) is 28.0 Å². The lowest BCUT2D eigenvalue weighted by molar-refractivity contribution is 0.250. The van der Waals surface area contributed by atoms with Crippen LogP contribution in [0.5, 0.6) is 0 Å². The van der Waals surface area contributed by atoms with Gasteiger partial charge in [-0.3, -0.25) is 0 Å². The maximum Gasteiger partial charge on any atom is 0.186 e. The second-order valence-electron chi connectivity index (χ2n) is 7.51. The van der Waals surface area contributed by atoms with E-state index in [-0.39, 0.29) is 12.1 Å². The summed E-state index contributed by atoms with van der Waals surface area (Å²) in [5, 5.41) is 5.56. The van der Waals surface area contributed by atoms with E-state index in [1.807, 2.05) is 48.5 Å². The minimum Gasteiger partial charge on any atom is -0.354 e. The summed E-state index contributed by atoms with van der Waals surface area (Å²) in [6, 6.07) is 20.8. The fourth-order valence-electron chi connectivity index (χ4n) is 3.84. The van der Waals surface area contributed by atoms with Crippen molar-refractivity contribution in [3.8, 4) is 0 Å². The van der Waals surface area contributed by atoms with Crippen molar-refractivity contribution in [2.45, 2.75) is 29.2 Å². The van der Waals surface area contributed by atoms with Crippen LogP contribution in [0.25, 0.3) is 0 Å². The van der Waals surface area contributed by atoms with Crippen LogP contribution in [0, 0.1) is 11.6 Å². The summed E-state index contributed by atoms with van der Waals surface area (Å²) in [6.45, 7) is 0.211. The van der Waals surface area contributed by atoms with Crippen LogP contribution in [0.2, 0.25) is 5.02 Å². The van der Waals surface area contributed by atoms with Crippen LogP contribution in [0.1, 0.15) is 22.8 Å². The monoisotopic (exact) mass is 469 g/mol. The first-order valence-corrected chi connectivity index (χ1v) is 11.4. The third kappa shape index (κ3) is 4.03. The van der Waals surface area contributed by atoms with Crippen molar-refractivity contribution in [2.75, 3.05) is 0 Å². The highest BCUT2D eigenvalue weighted by Gasteiger charge is 2.61. The van der Waals surface area contributed by atoms with Gasteiger partial charge in [0.15, 0.2) is 5.16 Å². The quantitative estimate of drug-likeness (QED) is 0.240.